The molecule has 0 atom stereocenters. The maximum atomic E-state index is 5.03. The fraction of sp³-hybridized carbons (Fsp3) is 0.306. The Morgan fingerprint density at radius 1 is 0.795 bits per heavy atom. The van der Waals surface area contributed by atoms with Crippen molar-refractivity contribution >= 4 is 61.4 Å². The first kappa shape index (κ1) is 26.8. The number of rotatable bonds is 3. The summed E-state index contributed by atoms with van der Waals surface area (Å²) in [5.74, 6) is 0. The molecule has 0 unspecified atom stereocenters. The first-order valence-electron chi connectivity index (χ1n) is 13.8. The minimum atomic E-state index is -0.584. The van der Waals surface area contributed by atoms with Gasteiger partial charge in [-0.25, -0.2) is 0 Å². The van der Waals surface area contributed by atoms with Crippen LogP contribution in [0.25, 0.3) is 49.4 Å². The van der Waals surface area contributed by atoms with Crippen molar-refractivity contribution in [3.8, 4) is 19.7 Å². The Morgan fingerprint density at radius 2 is 1.56 bits per heavy atom. The predicted octanol–water partition coefficient (Wildman–Crippen LogP) is 10.5. The summed E-state index contributed by atoms with van der Waals surface area (Å²) in [4.78, 5) is 6.53. The molecule has 0 saturated carbocycles. The molecule has 0 aliphatic carbocycles. The van der Waals surface area contributed by atoms with E-state index in [0.717, 1.165) is 6.42 Å². The standard InChI is InChI=1S/C36H37NSTe/c1-21-28-17-23(20-35(3,4)5)13-14-30(28)38-32(21)33-22(2)26-15-16-37-31(34(26)39-33)25-18-24-11-9-10-12-27(24)29(19-25)36(6,7)8/h9-19H,20H2,1-8H3. The average molecular weight is 643 g/mol. The quantitative estimate of drug-likeness (QED) is 0.175. The number of aromatic nitrogens is 1. The minimum absolute atomic E-state index is 0.0591. The van der Waals surface area contributed by atoms with Gasteiger partial charge in [-0.15, -0.1) is 0 Å². The van der Waals surface area contributed by atoms with E-state index in [1.54, 1.807) is 3.58 Å². The molecule has 198 valence electrons. The summed E-state index contributed by atoms with van der Waals surface area (Å²) in [6.45, 7) is 18.6. The van der Waals surface area contributed by atoms with Gasteiger partial charge in [0, 0.05) is 0 Å². The Balaban J connectivity index is 1.53. The maximum absolute atomic E-state index is 5.03. The van der Waals surface area contributed by atoms with Crippen LogP contribution in [0.1, 0.15) is 63.8 Å². The van der Waals surface area contributed by atoms with Gasteiger partial charge in [-0.2, -0.15) is 0 Å². The van der Waals surface area contributed by atoms with Crippen LogP contribution in [0.5, 0.6) is 0 Å². The predicted molar refractivity (Wildman–Crippen MR) is 174 cm³/mol. The summed E-state index contributed by atoms with van der Waals surface area (Å²) in [6.07, 6.45) is 3.13. The second kappa shape index (κ2) is 9.59. The zero-order valence-corrected chi connectivity index (χ0v) is 27.5. The van der Waals surface area contributed by atoms with E-state index in [1.807, 2.05) is 17.5 Å². The normalized spacial score (nSPS) is 12.7. The van der Waals surface area contributed by atoms with Gasteiger partial charge in [0.2, 0.25) is 0 Å². The van der Waals surface area contributed by atoms with Crippen LogP contribution >= 0.6 is 11.3 Å². The van der Waals surface area contributed by atoms with E-state index in [-0.39, 0.29) is 10.8 Å². The molecule has 0 aliphatic rings. The number of pyridine rings is 1. The molecule has 0 amide bonds. The summed E-state index contributed by atoms with van der Waals surface area (Å²) >= 11 is 1.40. The number of fused-ring (bicyclic) bond motifs is 3. The average Bonchev–Trinajstić information content (AvgIpc) is 3.38. The molecule has 6 aromatic rings. The molecule has 1 nitrogen and oxygen atoms in total. The second-order valence-electron chi connectivity index (χ2n) is 13.2. The summed E-state index contributed by atoms with van der Waals surface area (Å²) in [6, 6.07) is 23.0. The van der Waals surface area contributed by atoms with Crippen LogP contribution in [0.3, 0.4) is 0 Å². The Labute approximate surface area is 246 Å². The van der Waals surface area contributed by atoms with Crippen LogP contribution in [-0.2, 0) is 11.8 Å². The van der Waals surface area contributed by atoms with E-state index >= 15 is 0 Å². The summed E-state index contributed by atoms with van der Waals surface area (Å²) in [7, 11) is 0. The second-order valence-corrected chi connectivity index (χ2v) is 17.2. The molecule has 0 radical (unpaired) electrons. The third-order valence-electron chi connectivity index (χ3n) is 7.74. The number of hydrogen-bond donors (Lipinski definition) is 0. The molecule has 6 rings (SSSR count). The van der Waals surface area contributed by atoms with Crippen LogP contribution in [0.2, 0.25) is 0 Å². The molecule has 3 heterocycles. The van der Waals surface area contributed by atoms with Crippen molar-refractivity contribution in [1.29, 1.82) is 0 Å². The number of thiophene rings is 1. The van der Waals surface area contributed by atoms with Crippen molar-refractivity contribution in [3.05, 3.63) is 89.1 Å². The Morgan fingerprint density at radius 3 is 2.31 bits per heavy atom. The van der Waals surface area contributed by atoms with E-state index in [9.17, 15) is 0 Å². The Hall–Kier alpha value is -2.44. The van der Waals surface area contributed by atoms with E-state index in [4.69, 9.17) is 4.98 Å². The van der Waals surface area contributed by atoms with Crippen molar-refractivity contribution in [2.75, 3.05) is 0 Å². The van der Waals surface area contributed by atoms with Crippen molar-refractivity contribution in [3.63, 3.8) is 0 Å². The summed E-state index contributed by atoms with van der Waals surface area (Å²) < 4.78 is 4.50. The fourth-order valence-electron chi connectivity index (χ4n) is 5.84. The Bertz CT molecular complexity index is 1870. The number of nitrogens with zero attached hydrogens (tertiary/aromatic N) is 1. The zero-order valence-electron chi connectivity index (χ0n) is 24.3. The third-order valence-corrected chi connectivity index (χ3v) is 13.2. The monoisotopic (exact) mass is 645 g/mol. The van der Waals surface area contributed by atoms with E-state index in [0.29, 0.717) is 0 Å². The molecule has 0 saturated heterocycles. The van der Waals surface area contributed by atoms with E-state index in [2.05, 4.69) is 116 Å². The molecule has 0 fully saturated rings. The molecule has 0 N–H and O–H groups in total. The van der Waals surface area contributed by atoms with Crippen LogP contribution < -0.4 is 0 Å². The van der Waals surface area contributed by atoms with Gasteiger partial charge in [-0.1, -0.05) is 0 Å². The summed E-state index contributed by atoms with van der Waals surface area (Å²) in [5.41, 5.74) is 8.54. The number of aryl methyl sites for hydroxylation is 2. The molecule has 0 bridgehead atoms. The zero-order chi connectivity index (χ0) is 27.7. The fourth-order valence-corrected chi connectivity index (χ4v) is 11.4. The molecule has 0 aliphatic heterocycles. The topological polar surface area (TPSA) is 12.9 Å². The molecular weight excluding hydrogens is 606 g/mol. The summed E-state index contributed by atoms with van der Waals surface area (Å²) in [5, 5.41) is 5.49. The van der Waals surface area contributed by atoms with Gasteiger partial charge < -0.3 is 0 Å². The van der Waals surface area contributed by atoms with Crippen molar-refractivity contribution in [1.82, 2.24) is 4.98 Å². The first-order chi connectivity index (χ1) is 18.4. The van der Waals surface area contributed by atoms with E-state index < -0.39 is 20.4 Å². The van der Waals surface area contributed by atoms with Crippen LogP contribution in [0.15, 0.2) is 66.9 Å². The first-order valence-corrected chi connectivity index (χ1v) is 17.0. The van der Waals surface area contributed by atoms with Gasteiger partial charge >= 0.3 is 248 Å². The van der Waals surface area contributed by atoms with Gasteiger partial charge in [0.05, 0.1) is 0 Å². The van der Waals surface area contributed by atoms with Crippen molar-refractivity contribution in [2.24, 2.45) is 5.41 Å². The molecule has 39 heavy (non-hydrogen) atoms. The third kappa shape index (κ3) is 4.88. The van der Waals surface area contributed by atoms with Crippen molar-refractivity contribution < 1.29 is 0 Å². The van der Waals surface area contributed by atoms with Crippen LogP contribution in [-0.4, -0.2) is 25.4 Å². The van der Waals surface area contributed by atoms with Gasteiger partial charge in [0.1, 0.15) is 0 Å². The van der Waals surface area contributed by atoms with Gasteiger partial charge in [0.15, 0.2) is 0 Å². The van der Waals surface area contributed by atoms with Crippen LogP contribution in [0.4, 0.5) is 0 Å². The van der Waals surface area contributed by atoms with Gasteiger partial charge in [-0.3, -0.25) is 0 Å². The van der Waals surface area contributed by atoms with E-state index in [1.165, 1.54) is 68.0 Å². The SMILES string of the molecule is Cc1c(-c2[te]c3c(-c4cc(C(C)(C)C)c5ccccc5c4)nccc3c2C)sc2ccc(CC(C)(C)C)cc12. The number of hydrogen-bond acceptors (Lipinski definition) is 2. The molecule has 3 aromatic carbocycles. The molecule has 3 heteroatoms. The van der Waals surface area contributed by atoms with Crippen molar-refractivity contribution in [2.45, 2.75) is 67.2 Å². The van der Waals surface area contributed by atoms with Gasteiger partial charge in [-0.05, 0) is 0 Å². The van der Waals surface area contributed by atoms with Gasteiger partial charge in [0.25, 0.3) is 0 Å². The molecule has 3 aromatic heterocycles. The Kier molecular flexibility index (Phi) is 6.58. The van der Waals surface area contributed by atoms with Crippen LogP contribution in [0, 0.1) is 19.3 Å². The number of benzene rings is 3. The molecule has 0 spiro atoms. The molecular formula is C36H37NSTe.